The molecule has 172 valence electrons. The van der Waals surface area contributed by atoms with Gasteiger partial charge in [-0.2, -0.15) is 0 Å². The molecule has 30 heavy (non-hydrogen) atoms. The first-order valence-electron chi connectivity index (χ1n) is 11.7. The zero-order valence-electron chi connectivity index (χ0n) is 19.2. The molecule has 1 aliphatic rings. The van der Waals surface area contributed by atoms with Crippen LogP contribution in [0.1, 0.15) is 90.9 Å². The van der Waals surface area contributed by atoms with Crippen LogP contribution in [0.4, 0.5) is 0 Å². The fraction of sp³-hybridized carbons (Fsp3) is 0.760. The van der Waals surface area contributed by atoms with E-state index in [9.17, 15) is 14.7 Å². The normalized spacial score (nSPS) is 20.8. The second-order valence-corrected chi connectivity index (χ2v) is 8.41. The summed E-state index contributed by atoms with van der Waals surface area (Å²) >= 11 is 0. The molecule has 1 N–H and O–H groups in total. The summed E-state index contributed by atoms with van der Waals surface area (Å²) in [6.07, 6.45) is 19.4. The fourth-order valence-corrected chi connectivity index (χ4v) is 4.00. The average molecular weight is 423 g/mol. The zero-order chi connectivity index (χ0) is 22.2. The van der Waals surface area contributed by atoms with Gasteiger partial charge in [-0.1, -0.05) is 69.8 Å². The molecule has 1 saturated carbocycles. The molecule has 0 amide bonds. The molecule has 5 heteroatoms. The van der Waals surface area contributed by atoms with Gasteiger partial charge < -0.3 is 14.6 Å². The Morgan fingerprint density at radius 1 is 1.03 bits per heavy atom. The number of esters is 2. The molecule has 0 aromatic rings. The fourth-order valence-electron chi connectivity index (χ4n) is 4.00. The van der Waals surface area contributed by atoms with Crippen molar-refractivity contribution in [3.8, 4) is 0 Å². The van der Waals surface area contributed by atoms with E-state index < -0.39 is 0 Å². The van der Waals surface area contributed by atoms with E-state index >= 15 is 0 Å². The maximum atomic E-state index is 11.5. The van der Waals surface area contributed by atoms with Crippen LogP contribution in [-0.4, -0.2) is 36.4 Å². The summed E-state index contributed by atoms with van der Waals surface area (Å²) in [6, 6.07) is 0. The van der Waals surface area contributed by atoms with Crippen molar-refractivity contribution in [2.75, 3.05) is 7.11 Å². The molecule has 0 aromatic carbocycles. The van der Waals surface area contributed by atoms with Crippen molar-refractivity contribution >= 4 is 11.9 Å². The van der Waals surface area contributed by atoms with Crippen molar-refractivity contribution < 1.29 is 24.2 Å². The largest absolute Gasteiger partial charge is 0.469 e. The van der Waals surface area contributed by atoms with Gasteiger partial charge in [0.1, 0.15) is 6.10 Å². The topological polar surface area (TPSA) is 72.8 Å². The number of rotatable bonds is 16. The van der Waals surface area contributed by atoms with Crippen LogP contribution in [0.2, 0.25) is 0 Å². The van der Waals surface area contributed by atoms with Crippen LogP contribution in [0.5, 0.6) is 0 Å². The van der Waals surface area contributed by atoms with Crippen LogP contribution in [-0.2, 0) is 19.1 Å². The smallest absolute Gasteiger partial charge is 0.305 e. The van der Waals surface area contributed by atoms with Gasteiger partial charge in [0.05, 0.1) is 13.2 Å². The summed E-state index contributed by atoms with van der Waals surface area (Å²) in [7, 11) is 1.39. The van der Waals surface area contributed by atoms with E-state index in [0.29, 0.717) is 31.1 Å². The molecule has 1 rings (SSSR count). The quantitative estimate of drug-likeness (QED) is 0.202. The Morgan fingerprint density at radius 3 is 2.40 bits per heavy atom. The Morgan fingerprint density at radius 2 is 1.77 bits per heavy atom. The highest BCUT2D eigenvalue weighted by Crippen LogP contribution is 2.40. The number of carbonyl (C=O) groups excluding carboxylic acids is 2. The molecule has 4 unspecified atom stereocenters. The van der Waals surface area contributed by atoms with Crippen molar-refractivity contribution in [2.24, 2.45) is 11.8 Å². The molecule has 0 bridgehead atoms. The molecule has 0 saturated heterocycles. The summed E-state index contributed by atoms with van der Waals surface area (Å²) in [4.78, 5) is 22.8. The number of methoxy groups -OCH3 is 1. The number of aliphatic hydroxyl groups is 1. The number of carbonyl (C=O) groups is 2. The maximum Gasteiger partial charge on any atom is 0.305 e. The monoisotopic (exact) mass is 422 g/mol. The van der Waals surface area contributed by atoms with E-state index in [2.05, 4.69) is 17.7 Å². The summed E-state index contributed by atoms with van der Waals surface area (Å²) in [5.74, 6) is 0.161. The van der Waals surface area contributed by atoms with Crippen LogP contribution in [0.25, 0.3) is 0 Å². The van der Waals surface area contributed by atoms with Gasteiger partial charge >= 0.3 is 11.9 Å². The lowest BCUT2D eigenvalue weighted by molar-refractivity contribution is -0.153. The zero-order valence-corrected chi connectivity index (χ0v) is 19.2. The summed E-state index contributed by atoms with van der Waals surface area (Å²) in [6.45, 7) is 3.65. The van der Waals surface area contributed by atoms with Crippen molar-refractivity contribution in [1.29, 1.82) is 0 Å². The predicted octanol–water partition coefficient (Wildman–Crippen LogP) is 5.51. The molecular formula is C25H42O5. The van der Waals surface area contributed by atoms with Crippen molar-refractivity contribution in [3.63, 3.8) is 0 Å². The second kappa shape index (κ2) is 16.1. The van der Waals surface area contributed by atoms with Gasteiger partial charge in [0.2, 0.25) is 0 Å². The van der Waals surface area contributed by atoms with Gasteiger partial charge in [-0.25, -0.2) is 0 Å². The van der Waals surface area contributed by atoms with Crippen molar-refractivity contribution in [3.05, 3.63) is 24.3 Å². The van der Waals surface area contributed by atoms with Crippen molar-refractivity contribution in [2.45, 2.75) is 103 Å². The lowest BCUT2D eigenvalue weighted by Crippen LogP contribution is -2.37. The van der Waals surface area contributed by atoms with Gasteiger partial charge in [-0.05, 0) is 38.0 Å². The molecule has 0 aromatic heterocycles. The first-order chi connectivity index (χ1) is 14.5. The number of hydrogen-bond donors (Lipinski definition) is 1. The third-order valence-corrected chi connectivity index (χ3v) is 5.93. The molecule has 1 aliphatic carbocycles. The standard InChI is InChI=1S/C25H42O5/c1-4-5-6-7-8-9-14-22(27)15-11-10-13-21-18-19-23(21)24(30-20(2)26)16-12-17-25(28)29-3/h10-11,13,15,21-24,27H,4-9,12,14,16-19H2,1-3H3/b13-10+,15-11+. The third kappa shape index (κ3) is 11.5. The van der Waals surface area contributed by atoms with E-state index in [1.807, 2.05) is 18.2 Å². The Kier molecular flexibility index (Phi) is 14.2. The third-order valence-electron chi connectivity index (χ3n) is 5.93. The molecule has 5 nitrogen and oxygen atoms in total. The summed E-state index contributed by atoms with van der Waals surface area (Å²) in [5, 5.41) is 10.1. The first-order valence-corrected chi connectivity index (χ1v) is 11.7. The molecule has 0 heterocycles. The minimum Gasteiger partial charge on any atom is -0.469 e. The SMILES string of the molecule is CCCCCCCCC(O)/C=C/C=C/C1CCC1C(CCCC(=O)OC)OC(C)=O. The molecule has 4 atom stereocenters. The van der Waals surface area contributed by atoms with Gasteiger partial charge in [0.15, 0.2) is 0 Å². The average Bonchev–Trinajstić information content (AvgIpc) is 2.68. The number of allylic oxidation sites excluding steroid dienone is 3. The number of aliphatic hydroxyl groups excluding tert-OH is 1. The Balaban J connectivity index is 2.36. The molecule has 0 aliphatic heterocycles. The van der Waals surface area contributed by atoms with E-state index in [0.717, 1.165) is 25.7 Å². The Hall–Kier alpha value is -1.62. The van der Waals surface area contributed by atoms with Gasteiger partial charge in [0, 0.05) is 19.3 Å². The number of unbranched alkanes of at least 4 members (excludes halogenated alkanes) is 5. The molecule has 0 spiro atoms. The Bertz CT molecular complexity index is 540. The summed E-state index contributed by atoms with van der Waals surface area (Å²) in [5.41, 5.74) is 0. The minimum absolute atomic E-state index is 0.155. The predicted molar refractivity (Wildman–Crippen MR) is 120 cm³/mol. The number of hydrogen-bond acceptors (Lipinski definition) is 5. The highest BCUT2D eigenvalue weighted by molar-refractivity contribution is 5.69. The van der Waals surface area contributed by atoms with Crippen LogP contribution in [0.15, 0.2) is 24.3 Å². The van der Waals surface area contributed by atoms with E-state index in [1.54, 1.807) is 0 Å². The maximum absolute atomic E-state index is 11.5. The summed E-state index contributed by atoms with van der Waals surface area (Å²) < 4.78 is 10.2. The minimum atomic E-state index is -0.384. The first kappa shape index (κ1) is 26.4. The highest BCUT2D eigenvalue weighted by Gasteiger charge is 2.36. The second-order valence-electron chi connectivity index (χ2n) is 8.41. The van der Waals surface area contributed by atoms with Crippen LogP contribution in [0.3, 0.4) is 0 Å². The van der Waals surface area contributed by atoms with Crippen LogP contribution >= 0.6 is 0 Å². The Labute approximate surface area is 182 Å². The molecule has 0 radical (unpaired) electrons. The van der Waals surface area contributed by atoms with E-state index in [-0.39, 0.29) is 24.1 Å². The van der Waals surface area contributed by atoms with Crippen LogP contribution in [0, 0.1) is 11.8 Å². The number of ether oxygens (including phenoxy) is 2. The van der Waals surface area contributed by atoms with Crippen LogP contribution < -0.4 is 0 Å². The van der Waals surface area contributed by atoms with Gasteiger partial charge in [0.25, 0.3) is 0 Å². The van der Waals surface area contributed by atoms with Crippen molar-refractivity contribution in [1.82, 2.24) is 0 Å². The lowest BCUT2D eigenvalue weighted by atomic mass is 9.69. The molecular weight excluding hydrogens is 380 g/mol. The van der Waals surface area contributed by atoms with Gasteiger partial charge in [-0.15, -0.1) is 0 Å². The molecule has 1 fully saturated rings. The van der Waals surface area contributed by atoms with E-state index in [4.69, 9.17) is 4.74 Å². The van der Waals surface area contributed by atoms with Gasteiger partial charge in [-0.3, -0.25) is 9.59 Å². The lowest BCUT2D eigenvalue weighted by Gasteiger charge is -2.39. The van der Waals surface area contributed by atoms with E-state index in [1.165, 1.54) is 46.1 Å². The highest BCUT2D eigenvalue weighted by atomic mass is 16.5.